The average molecular weight is 380 g/mol. The van der Waals surface area contributed by atoms with E-state index in [-0.39, 0.29) is 16.5 Å². The number of nitro benzene ring substituents is 1. The molecule has 0 unspecified atom stereocenters. The van der Waals surface area contributed by atoms with Gasteiger partial charge in [-0.3, -0.25) is 10.1 Å². The van der Waals surface area contributed by atoms with Gasteiger partial charge in [0.25, 0.3) is 11.6 Å². The van der Waals surface area contributed by atoms with Crippen molar-refractivity contribution in [2.24, 2.45) is 0 Å². The van der Waals surface area contributed by atoms with Crippen LogP contribution in [0.15, 0.2) is 47.0 Å². The fourth-order valence-electron chi connectivity index (χ4n) is 3.40. The Labute approximate surface area is 161 Å². The second-order valence-corrected chi connectivity index (χ2v) is 6.66. The average Bonchev–Trinajstić information content (AvgIpc) is 3.24. The molecule has 0 amide bonds. The second-order valence-electron chi connectivity index (χ2n) is 6.66. The molecule has 28 heavy (non-hydrogen) atoms. The summed E-state index contributed by atoms with van der Waals surface area (Å²) in [4.78, 5) is 17.7. The number of benzene rings is 2. The highest BCUT2D eigenvalue weighted by molar-refractivity contribution is 5.71. The molecule has 0 saturated carbocycles. The molecule has 2 heterocycles. The zero-order valence-corrected chi connectivity index (χ0v) is 15.5. The lowest BCUT2D eigenvalue weighted by molar-refractivity contribution is -0.384. The normalized spacial score (nSPS) is 14.1. The van der Waals surface area contributed by atoms with Crippen LogP contribution >= 0.6 is 0 Å². The molecule has 0 N–H and O–H groups in total. The van der Waals surface area contributed by atoms with Crippen LogP contribution in [0.5, 0.6) is 5.75 Å². The monoisotopic (exact) mass is 380 g/mol. The maximum absolute atomic E-state index is 11.6. The van der Waals surface area contributed by atoms with E-state index in [9.17, 15) is 10.1 Å². The summed E-state index contributed by atoms with van der Waals surface area (Å²) in [5.41, 5.74) is 2.00. The number of ether oxygens (including phenoxy) is 1. The van der Waals surface area contributed by atoms with E-state index >= 15 is 0 Å². The molecule has 1 saturated heterocycles. The predicted molar refractivity (Wildman–Crippen MR) is 104 cm³/mol. The van der Waals surface area contributed by atoms with Crippen molar-refractivity contribution in [1.82, 2.24) is 10.1 Å². The third-order valence-electron chi connectivity index (χ3n) is 4.89. The number of nitro groups is 1. The SMILES string of the molecule is COc1ccc(-c2noc(-c3ccc(N4CCCCC4)c([N+](=O)[O-])c3)n2)cc1. The van der Waals surface area contributed by atoms with Crippen molar-refractivity contribution in [3.05, 3.63) is 52.6 Å². The summed E-state index contributed by atoms with van der Waals surface area (Å²) in [6.07, 6.45) is 3.26. The number of piperidine rings is 1. The van der Waals surface area contributed by atoms with Gasteiger partial charge >= 0.3 is 0 Å². The molecule has 3 aromatic rings. The van der Waals surface area contributed by atoms with Gasteiger partial charge in [-0.15, -0.1) is 0 Å². The fourth-order valence-corrected chi connectivity index (χ4v) is 3.40. The maximum Gasteiger partial charge on any atom is 0.293 e. The number of anilines is 1. The number of nitrogens with zero attached hydrogens (tertiary/aromatic N) is 4. The predicted octanol–water partition coefficient (Wildman–Crippen LogP) is 4.31. The Balaban J connectivity index is 1.64. The Morgan fingerprint density at radius 2 is 1.79 bits per heavy atom. The molecular formula is C20H20N4O4. The highest BCUT2D eigenvalue weighted by atomic mass is 16.6. The largest absolute Gasteiger partial charge is 0.497 e. The minimum atomic E-state index is -0.353. The molecule has 144 valence electrons. The van der Waals surface area contributed by atoms with E-state index in [4.69, 9.17) is 9.26 Å². The van der Waals surface area contributed by atoms with Gasteiger partial charge in [-0.1, -0.05) is 5.16 Å². The van der Waals surface area contributed by atoms with Crippen molar-refractivity contribution in [1.29, 1.82) is 0 Å². The summed E-state index contributed by atoms with van der Waals surface area (Å²) in [6, 6.07) is 12.4. The minimum absolute atomic E-state index is 0.0589. The summed E-state index contributed by atoms with van der Waals surface area (Å²) < 4.78 is 10.5. The molecule has 0 spiro atoms. The van der Waals surface area contributed by atoms with Crippen LogP contribution in [0.3, 0.4) is 0 Å². The number of methoxy groups -OCH3 is 1. The summed E-state index contributed by atoms with van der Waals surface area (Å²) in [5, 5.41) is 15.6. The van der Waals surface area contributed by atoms with E-state index in [1.165, 1.54) is 12.5 Å². The molecule has 1 aromatic heterocycles. The topological polar surface area (TPSA) is 94.5 Å². The standard InChI is InChI=1S/C20H20N4O4/c1-27-16-8-5-14(6-9-16)19-21-20(28-22-19)15-7-10-17(18(13-15)24(25)26)23-11-3-2-4-12-23/h5-10,13H,2-4,11-12H2,1H3. The Morgan fingerprint density at radius 3 is 2.46 bits per heavy atom. The maximum atomic E-state index is 11.6. The van der Waals surface area contributed by atoms with Gasteiger partial charge in [0.1, 0.15) is 11.4 Å². The van der Waals surface area contributed by atoms with Crippen LogP contribution < -0.4 is 9.64 Å². The molecule has 0 radical (unpaired) electrons. The lowest BCUT2D eigenvalue weighted by Gasteiger charge is -2.28. The fraction of sp³-hybridized carbons (Fsp3) is 0.300. The molecule has 0 atom stereocenters. The first-order valence-corrected chi connectivity index (χ1v) is 9.17. The molecule has 4 rings (SSSR count). The summed E-state index contributed by atoms with van der Waals surface area (Å²) in [5.74, 6) is 1.40. The first-order chi connectivity index (χ1) is 13.7. The van der Waals surface area contributed by atoms with Crippen LogP contribution in [-0.4, -0.2) is 35.3 Å². The van der Waals surface area contributed by atoms with Crippen LogP contribution in [0, 0.1) is 10.1 Å². The van der Waals surface area contributed by atoms with Gasteiger partial charge in [0.2, 0.25) is 5.82 Å². The van der Waals surface area contributed by atoms with Gasteiger partial charge in [-0.2, -0.15) is 4.98 Å². The van der Waals surface area contributed by atoms with Crippen molar-refractivity contribution >= 4 is 11.4 Å². The van der Waals surface area contributed by atoms with Crippen LogP contribution in [0.2, 0.25) is 0 Å². The van der Waals surface area contributed by atoms with Crippen molar-refractivity contribution in [3.63, 3.8) is 0 Å². The van der Waals surface area contributed by atoms with Gasteiger partial charge in [-0.25, -0.2) is 0 Å². The van der Waals surface area contributed by atoms with E-state index in [0.29, 0.717) is 17.1 Å². The molecule has 1 aliphatic rings. The Kier molecular flexibility index (Phi) is 4.92. The van der Waals surface area contributed by atoms with Crippen molar-refractivity contribution in [3.8, 4) is 28.6 Å². The van der Waals surface area contributed by atoms with E-state index in [2.05, 4.69) is 15.0 Å². The van der Waals surface area contributed by atoms with Gasteiger partial charge < -0.3 is 14.2 Å². The van der Waals surface area contributed by atoms with Crippen LogP contribution in [0.4, 0.5) is 11.4 Å². The van der Waals surface area contributed by atoms with Crippen LogP contribution in [0.1, 0.15) is 19.3 Å². The Bertz CT molecular complexity index is 978. The molecule has 1 aliphatic heterocycles. The number of hydrogen-bond acceptors (Lipinski definition) is 7. The lowest BCUT2D eigenvalue weighted by atomic mass is 10.1. The molecule has 0 aliphatic carbocycles. The molecule has 1 fully saturated rings. The molecule has 0 bridgehead atoms. The third-order valence-corrected chi connectivity index (χ3v) is 4.89. The number of aromatic nitrogens is 2. The van der Waals surface area contributed by atoms with Crippen molar-refractivity contribution in [2.75, 3.05) is 25.1 Å². The van der Waals surface area contributed by atoms with E-state index in [1.807, 2.05) is 24.3 Å². The first-order valence-electron chi connectivity index (χ1n) is 9.17. The van der Waals surface area contributed by atoms with Crippen LogP contribution in [-0.2, 0) is 0 Å². The van der Waals surface area contributed by atoms with E-state index in [1.54, 1.807) is 19.2 Å². The van der Waals surface area contributed by atoms with Gasteiger partial charge in [0.05, 0.1) is 12.0 Å². The Hall–Kier alpha value is -3.42. The van der Waals surface area contributed by atoms with Crippen LogP contribution in [0.25, 0.3) is 22.8 Å². The van der Waals surface area contributed by atoms with Gasteiger partial charge in [-0.05, 0) is 55.7 Å². The van der Waals surface area contributed by atoms with Gasteiger partial charge in [0, 0.05) is 30.3 Å². The molecule has 8 nitrogen and oxygen atoms in total. The quantitative estimate of drug-likeness (QED) is 0.481. The van der Waals surface area contributed by atoms with E-state index in [0.717, 1.165) is 37.2 Å². The zero-order chi connectivity index (χ0) is 19.5. The highest BCUT2D eigenvalue weighted by Gasteiger charge is 2.23. The molecule has 8 heteroatoms. The van der Waals surface area contributed by atoms with Gasteiger partial charge in [0.15, 0.2) is 0 Å². The summed E-state index contributed by atoms with van der Waals surface area (Å²) >= 11 is 0. The van der Waals surface area contributed by atoms with Crippen molar-refractivity contribution < 1.29 is 14.2 Å². The highest BCUT2D eigenvalue weighted by Crippen LogP contribution is 2.34. The summed E-state index contributed by atoms with van der Waals surface area (Å²) in [6.45, 7) is 1.67. The lowest BCUT2D eigenvalue weighted by Crippen LogP contribution is -2.29. The smallest absolute Gasteiger partial charge is 0.293 e. The zero-order valence-electron chi connectivity index (χ0n) is 15.5. The first kappa shape index (κ1) is 18.0. The summed E-state index contributed by atoms with van der Waals surface area (Å²) in [7, 11) is 1.60. The number of rotatable bonds is 5. The molecular weight excluding hydrogens is 360 g/mol. The number of hydrogen-bond donors (Lipinski definition) is 0. The minimum Gasteiger partial charge on any atom is -0.497 e. The van der Waals surface area contributed by atoms with E-state index < -0.39 is 0 Å². The van der Waals surface area contributed by atoms with Crippen molar-refractivity contribution in [2.45, 2.75) is 19.3 Å². The Morgan fingerprint density at radius 1 is 1.07 bits per heavy atom. The molecule has 2 aromatic carbocycles. The second kappa shape index (κ2) is 7.67. The third kappa shape index (κ3) is 3.53.